The Hall–Kier alpha value is 0.210. The maximum Gasteiger partial charge on any atom is 0.0921 e. The van der Waals surface area contributed by atoms with Crippen molar-refractivity contribution in [3.63, 3.8) is 0 Å². The second-order valence-corrected chi connectivity index (χ2v) is 2.89. The minimum absolute atomic E-state index is 0.125. The van der Waals surface area contributed by atoms with E-state index in [0.717, 1.165) is 6.42 Å². The summed E-state index contributed by atoms with van der Waals surface area (Å²) in [5.74, 6) is 0.470. The lowest BCUT2D eigenvalue weighted by Gasteiger charge is -2.41. The normalized spacial score (nSPS) is 16.8. The molecule has 1 atom stereocenters. The maximum atomic E-state index is 11.5. The average molecular weight is 166 g/mol. The molecule has 0 radical (unpaired) electrons. The van der Waals surface area contributed by atoms with Crippen molar-refractivity contribution in [2.24, 2.45) is 0 Å². The van der Waals surface area contributed by atoms with Gasteiger partial charge in [0.15, 0.2) is 0 Å². The van der Waals surface area contributed by atoms with Crippen molar-refractivity contribution in [3.05, 3.63) is 5.21 Å². The fourth-order valence-corrected chi connectivity index (χ4v) is 1.30. The van der Waals surface area contributed by atoms with Gasteiger partial charge in [-0.05, 0) is 13.3 Å². The molecule has 0 amide bonds. The van der Waals surface area contributed by atoms with Crippen molar-refractivity contribution < 1.29 is 4.65 Å². The molecule has 0 aliphatic carbocycles. The summed E-state index contributed by atoms with van der Waals surface area (Å²) < 4.78 is -0.125. The van der Waals surface area contributed by atoms with Crippen LogP contribution in [0.25, 0.3) is 0 Å². The quantitative estimate of drug-likeness (QED) is 0.347. The molecule has 0 saturated carbocycles. The van der Waals surface area contributed by atoms with Gasteiger partial charge in [-0.2, -0.15) is 0 Å². The Morgan fingerprint density at radius 2 is 1.90 bits per heavy atom. The highest BCUT2D eigenvalue weighted by atomic mass is 35.5. The van der Waals surface area contributed by atoms with Crippen LogP contribution in [0.3, 0.4) is 0 Å². The van der Waals surface area contributed by atoms with Crippen LogP contribution in [0.5, 0.6) is 0 Å². The Bertz CT molecular complexity index is 81.7. The van der Waals surface area contributed by atoms with Gasteiger partial charge in [-0.15, -0.1) is 11.6 Å². The topological polar surface area (TPSA) is 23.1 Å². The van der Waals surface area contributed by atoms with Gasteiger partial charge < -0.3 is 9.85 Å². The highest BCUT2D eigenvalue weighted by Crippen LogP contribution is 2.04. The van der Waals surface area contributed by atoms with E-state index in [0.29, 0.717) is 25.5 Å². The molecule has 0 bridgehead atoms. The molecular formula is C7H16ClNO. The molecule has 0 fully saturated rings. The molecule has 0 aromatic heterocycles. The number of nitrogens with zero attached hydrogens (tertiary/aromatic N) is 1. The Morgan fingerprint density at radius 1 is 1.30 bits per heavy atom. The van der Waals surface area contributed by atoms with E-state index in [1.54, 1.807) is 0 Å². The number of hydrogen-bond donors (Lipinski definition) is 0. The van der Waals surface area contributed by atoms with Gasteiger partial charge >= 0.3 is 0 Å². The Labute approximate surface area is 68.0 Å². The number of hydrogen-bond acceptors (Lipinski definition) is 1. The number of hydroxylamine groups is 3. The van der Waals surface area contributed by atoms with E-state index in [2.05, 4.69) is 0 Å². The summed E-state index contributed by atoms with van der Waals surface area (Å²) in [4.78, 5) is 0. The van der Waals surface area contributed by atoms with E-state index >= 15 is 0 Å². The van der Waals surface area contributed by atoms with E-state index in [-0.39, 0.29) is 4.65 Å². The zero-order valence-corrected chi connectivity index (χ0v) is 7.52. The smallest absolute Gasteiger partial charge is 0.0921 e. The molecule has 62 valence electrons. The molecule has 0 aromatic carbocycles. The first kappa shape index (κ1) is 10.2. The predicted molar refractivity (Wildman–Crippen MR) is 44.9 cm³/mol. The van der Waals surface area contributed by atoms with Gasteiger partial charge in [0.2, 0.25) is 0 Å². The van der Waals surface area contributed by atoms with Crippen molar-refractivity contribution in [2.45, 2.75) is 20.3 Å². The maximum absolute atomic E-state index is 11.5. The zero-order valence-electron chi connectivity index (χ0n) is 6.77. The molecule has 0 heterocycles. The first-order chi connectivity index (χ1) is 4.68. The number of alkyl halides is 1. The lowest BCUT2D eigenvalue weighted by atomic mass is 10.4. The zero-order chi connectivity index (χ0) is 8.04. The summed E-state index contributed by atoms with van der Waals surface area (Å²) >= 11 is 5.48. The molecule has 0 spiro atoms. The molecule has 0 N–H and O–H groups in total. The van der Waals surface area contributed by atoms with E-state index in [4.69, 9.17) is 11.6 Å². The summed E-state index contributed by atoms with van der Waals surface area (Å²) in [6.45, 7) is 5.82. The molecule has 0 saturated heterocycles. The SMILES string of the molecule is CCC[N+]([O-])(CC)CCCl. The van der Waals surface area contributed by atoms with Crippen LogP contribution in [0.15, 0.2) is 0 Å². The minimum Gasteiger partial charge on any atom is -0.633 e. The van der Waals surface area contributed by atoms with Crippen LogP contribution in [0.2, 0.25) is 0 Å². The van der Waals surface area contributed by atoms with Crippen LogP contribution in [0.4, 0.5) is 0 Å². The molecule has 0 aromatic rings. The van der Waals surface area contributed by atoms with Crippen LogP contribution >= 0.6 is 11.6 Å². The van der Waals surface area contributed by atoms with Crippen LogP contribution in [0.1, 0.15) is 20.3 Å². The van der Waals surface area contributed by atoms with Gasteiger partial charge in [-0.1, -0.05) is 6.92 Å². The Kier molecular flexibility index (Phi) is 5.04. The van der Waals surface area contributed by atoms with Gasteiger partial charge in [0.1, 0.15) is 0 Å². The number of rotatable bonds is 5. The number of halogens is 1. The van der Waals surface area contributed by atoms with Crippen molar-refractivity contribution in [1.29, 1.82) is 0 Å². The van der Waals surface area contributed by atoms with Crippen molar-refractivity contribution in [2.75, 3.05) is 25.5 Å². The molecule has 0 aliphatic rings. The molecule has 0 aliphatic heterocycles. The first-order valence-electron chi connectivity index (χ1n) is 3.81. The predicted octanol–water partition coefficient (Wildman–Crippen LogP) is 1.97. The molecule has 1 unspecified atom stereocenters. The Balaban J connectivity index is 3.69. The highest BCUT2D eigenvalue weighted by molar-refractivity contribution is 6.17. The minimum atomic E-state index is -0.125. The monoisotopic (exact) mass is 165 g/mol. The van der Waals surface area contributed by atoms with E-state index in [1.165, 1.54) is 0 Å². The van der Waals surface area contributed by atoms with Gasteiger partial charge in [-0.25, -0.2) is 0 Å². The molecule has 2 nitrogen and oxygen atoms in total. The average Bonchev–Trinajstić information content (AvgIpc) is 1.89. The molecule has 10 heavy (non-hydrogen) atoms. The second kappa shape index (κ2) is 4.94. The van der Waals surface area contributed by atoms with Gasteiger partial charge in [0, 0.05) is 0 Å². The van der Waals surface area contributed by atoms with Crippen LogP contribution in [-0.2, 0) is 0 Å². The van der Waals surface area contributed by atoms with Crippen LogP contribution in [-0.4, -0.2) is 30.2 Å². The highest BCUT2D eigenvalue weighted by Gasteiger charge is 2.10. The van der Waals surface area contributed by atoms with Crippen molar-refractivity contribution in [1.82, 2.24) is 0 Å². The molecule has 0 rings (SSSR count). The summed E-state index contributed by atoms with van der Waals surface area (Å²) in [6.07, 6.45) is 0.939. The molecule has 3 heteroatoms. The summed E-state index contributed by atoms with van der Waals surface area (Å²) in [5, 5.41) is 11.5. The number of quaternary nitrogens is 1. The fraction of sp³-hybridized carbons (Fsp3) is 1.00. The third-order valence-electron chi connectivity index (χ3n) is 1.70. The summed E-state index contributed by atoms with van der Waals surface area (Å²) in [6, 6.07) is 0. The van der Waals surface area contributed by atoms with Gasteiger partial charge in [-0.3, -0.25) is 0 Å². The molecular weight excluding hydrogens is 150 g/mol. The Morgan fingerprint density at radius 3 is 2.20 bits per heavy atom. The second-order valence-electron chi connectivity index (χ2n) is 2.51. The van der Waals surface area contributed by atoms with E-state index in [9.17, 15) is 5.21 Å². The van der Waals surface area contributed by atoms with Gasteiger partial charge in [0.05, 0.1) is 25.5 Å². The van der Waals surface area contributed by atoms with E-state index in [1.807, 2.05) is 13.8 Å². The summed E-state index contributed by atoms with van der Waals surface area (Å²) in [5.41, 5.74) is 0. The fourth-order valence-electron chi connectivity index (χ4n) is 0.990. The summed E-state index contributed by atoms with van der Waals surface area (Å²) in [7, 11) is 0. The van der Waals surface area contributed by atoms with Crippen LogP contribution < -0.4 is 0 Å². The lowest BCUT2D eigenvalue weighted by molar-refractivity contribution is -0.876. The van der Waals surface area contributed by atoms with Crippen LogP contribution in [0, 0.1) is 5.21 Å². The van der Waals surface area contributed by atoms with Crippen molar-refractivity contribution in [3.8, 4) is 0 Å². The van der Waals surface area contributed by atoms with Gasteiger partial charge in [0.25, 0.3) is 0 Å². The van der Waals surface area contributed by atoms with Crippen molar-refractivity contribution >= 4 is 11.6 Å². The van der Waals surface area contributed by atoms with E-state index < -0.39 is 0 Å². The lowest BCUT2D eigenvalue weighted by Crippen LogP contribution is -2.43. The third kappa shape index (κ3) is 3.40. The first-order valence-corrected chi connectivity index (χ1v) is 4.35. The largest absolute Gasteiger partial charge is 0.633 e. The standard InChI is InChI=1S/C7H16ClNO/c1-3-6-9(10,4-2)7-5-8/h3-7H2,1-2H3. The third-order valence-corrected chi connectivity index (χ3v) is 1.87.